The summed E-state index contributed by atoms with van der Waals surface area (Å²) in [6.07, 6.45) is 0. The van der Waals surface area contributed by atoms with Crippen LogP contribution in [0.25, 0.3) is 0 Å². The van der Waals surface area contributed by atoms with Crippen molar-refractivity contribution in [2.24, 2.45) is 0 Å². The number of fused-ring (bicyclic) bond motifs is 1. The predicted molar refractivity (Wildman–Crippen MR) is 86.2 cm³/mol. The zero-order valence-corrected chi connectivity index (χ0v) is 13.1. The molecule has 0 N–H and O–H groups in total. The minimum absolute atomic E-state index is 0.102. The highest BCUT2D eigenvalue weighted by molar-refractivity contribution is 6.35. The molecule has 3 rings (SSSR count). The second-order valence-electron chi connectivity index (χ2n) is 4.72. The van der Waals surface area contributed by atoms with Crippen LogP contribution in [-0.2, 0) is 4.79 Å². The highest BCUT2D eigenvalue weighted by atomic mass is 35.5. The summed E-state index contributed by atoms with van der Waals surface area (Å²) < 4.78 is 11.0. The van der Waals surface area contributed by atoms with Gasteiger partial charge < -0.3 is 14.4 Å². The molecule has 0 radical (unpaired) electrons. The summed E-state index contributed by atoms with van der Waals surface area (Å²) in [7, 11) is 0. The number of benzene rings is 2. The summed E-state index contributed by atoms with van der Waals surface area (Å²) in [6.45, 7) is 0.855. The number of hydrogen-bond donors (Lipinski definition) is 0. The second-order valence-corrected chi connectivity index (χ2v) is 5.57. The lowest BCUT2D eigenvalue weighted by Gasteiger charge is -2.29. The number of para-hydroxylation sites is 2. The number of carbonyl (C=O) groups is 1. The molecule has 6 heteroatoms. The summed E-state index contributed by atoms with van der Waals surface area (Å²) in [5, 5.41) is 0.897. The van der Waals surface area contributed by atoms with Gasteiger partial charge in [-0.05, 0) is 30.3 Å². The van der Waals surface area contributed by atoms with E-state index in [0.29, 0.717) is 34.7 Å². The Morgan fingerprint density at radius 1 is 1.23 bits per heavy atom. The summed E-state index contributed by atoms with van der Waals surface area (Å²) in [4.78, 5) is 14.0. The van der Waals surface area contributed by atoms with Gasteiger partial charge in [0.25, 0.3) is 5.91 Å². The summed E-state index contributed by atoms with van der Waals surface area (Å²) >= 11 is 11.9. The summed E-state index contributed by atoms with van der Waals surface area (Å²) in [6, 6.07) is 12.3. The zero-order chi connectivity index (χ0) is 15.5. The number of nitrogens with zero attached hydrogens (tertiary/aromatic N) is 1. The van der Waals surface area contributed by atoms with Gasteiger partial charge in [0.05, 0.1) is 17.3 Å². The Kier molecular flexibility index (Phi) is 4.41. The Morgan fingerprint density at radius 2 is 2.05 bits per heavy atom. The fraction of sp³-hybridized carbons (Fsp3) is 0.188. The highest BCUT2D eigenvalue weighted by Crippen LogP contribution is 2.31. The first-order chi connectivity index (χ1) is 10.6. The van der Waals surface area contributed by atoms with Crippen LogP contribution in [-0.4, -0.2) is 25.7 Å². The van der Waals surface area contributed by atoms with Crippen LogP contribution >= 0.6 is 23.2 Å². The van der Waals surface area contributed by atoms with Gasteiger partial charge in [0.1, 0.15) is 18.1 Å². The number of hydrogen-bond acceptors (Lipinski definition) is 3. The molecule has 0 unspecified atom stereocenters. The van der Waals surface area contributed by atoms with Crippen LogP contribution in [0.15, 0.2) is 42.5 Å². The van der Waals surface area contributed by atoms with Gasteiger partial charge in [0.15, 0.2) is 6.61 Å². The van der Waals surface area contributed by atoms with Gasteiger partial charge >= 0.3 is 0 Å². The van der Waals surface area contributed by atoms with E-state index in [4.69, 9.17) is 32.7 Å². The number of amides is 1. The van der Waals surface area contributed by atoms with Crippen molar-refractivity contribution in [3.05, 3.63) is 52.5 Å². The standard InChI is InChI=1S/C16H13Cl2NO3/c17-11-5-6-14(12(18)9-11)22-10-16(20)19-7-8-21-15-4-2-1-3-13(15)19/h1-6,9H,7-8,10H2. The third-order valence-corrected chi connectivity index (χ3v) is 3.81. The molecular weight excluding hydrogens is 325 g/mol. The van der Waals surface area contributed by atoms with Gasteiger partial charge in [-0.1, -0.05) is 35.3 Å². The van der Waals surface area contributed by atoms with Crippen molar-refractivity contribution < 1.29 is 14.3 Å². The number of ether oxygens (including phenoxy) is 2. The monoisotopic (exact) mass is 337 g/mol. The molecule has 0 spiro atoms. The normalized spacial score (nSPS) is 13.3. The average Bonchev–Trinajstić information content (AvgIpc) is 2.53. The molecule has 0 saturated carbocycles. The topological polar surface area (TPSA) is 38.8 Å². The van der Waals surface area contributed by atoms with E-state index >= 15 is 0 Å². The quantitative estimate of drug-likeness (QED) is 0.855. The second kappa shape index (κ2) is 6.46. The molecular formula is C16H13Cl2NO3. The van der Waals surface area contributed by atoms with Crippen molar-refractivity contribution in [2.45, 2.75) is 0 Å². The van der Waals surface area contributed by atoms with Crippen LogP contribution in [0.4, 0.5) is 5.69 Å². The maximum atomic E-state index is 12.4. The maximum Gasteiger partial charge on any atom is 0.265 e. The minimum atomic E-state index is -0.151. The molecule has 0 aromatic heterocycles. The van der Waals surface area contributed by atoms with E-state index in [1.165, 1.54) is 0 Å². The Labute approximate surface area is 138 Å². The molecule has 2 aromatic rings. The third-order valence-electron chi connectivity index (χ3n) is 3.27. The number of halogens is 2. The largest absolute Gasteiger partial charge is 0.490 e. The van der Waals surface area contributed by atoms with Crippen molar-refractivity contribution >= 4 is 34.8 Å². The molecule has 1 heterocycles. The van der Waals surface area contributed by atoms with E-state index in [0.717, 1.165) is 5.69 Å². The molecule has 0 atom stereocenters. The van der Waals surface area contributed by atoms with Gasteiger partial charge in [-0.15, -0.1) is 0 Å². The van der Waals surface area contributed by atoms with Crippen LogP contribution in [0.3, 0.4) is 0 Å². The molecule has 4 nitrogen and oxygen atoms in total. The van der Waals surface area contributed by atoms with Crippen molar-refractivity contribution in [3.63, 3.8) is 0 Å². The number of anilines is 1. The van der Waals surface area contributed by atoms with Crippen molar-refractivity contribution in [1.82, 2.24) is 0 Å². The van der Waals surface area contributed by atoms with Gasteiger partial charge in [-0.25, -0.2) is 0 Å². The Hall–Kier alpha value is -1.91. The molecule has 114 valence electrons. The van der Waals surface area contributed by atoms with Crippen LogP contribution in [0.2, 0.25) is 10.0 Å². The van der Waals surface area contributed by atoms with E-state index in [1.54, 1.807) is 23.1 Å². The zero-order valence-electron chi connectivity index (χ0n) is 11.6. The molecule has 0 bridgehead atoms. The first kappa shape index (κ1) is 15.0. The third kappa shape index (κ3) is 3.13. The van der Waals surface area contributed by atoms with E-state index in [-0.39, 0.29) is 12.5 Å². The van der Waals surface area contributed by atoms with Gasteiger partial charge in [0.2, 0.25) is 0 Å². The Balaban J connectivity index is 1.70. The summed E-state index contributed by atoms with van der Waals surface area (Å²) in [5.41, 5.74) is 0.754. The van der Waals surface area contributed by atoms with Crippen molar-refractivity contribution in [1.29, 1.82) is 0 Å². The van der Waals surface area contributed by atoms with Crippen LogP contribution in [0, 0.1) is 0 Å². The molecule has 0 aliphatic carbocycles. The average molecular weight is 338 g/mol. The fourth-order valence-electron chi connectivity index (χ4n) is 2.24. The van der Waals surface area contributed by atoms with E-state index in [2.05, 4.69) is 0 Å². The SMILES string of the molecule is O=C(COc1ccc(Cl)cc1Cl)N1CCOc2ccccc21. The van der Waals surface area contributed by atoms with Gasteiger partial charge in [-0.3, -0.25) is 4.79 Å². The van der Waals surface area contributed by atoms with Gasteiger partial charge in [0, 0.05) is 5.02 Å². The number of rotatable bonds is 3. The molecule has 2 aromatic carbocycles. The van der Waals surface area contributed by atoms with Crippen LogP contribution in [0.5, 0.6) is 11.5 Å². The molecule has 22 heavy (non-hydrogen) atoms. The molecule has 0 fully saturated rings. The highest BCUT2D eigenvalue weighted by Gasteiger charge is 2.23. The van der Waals surface area contributed by atoms with Crippen LogP contribution < -0.4 is 14.4 Å². The first-order valence-electron chi connectivity index (χ1n) is 6.75. The lowest BCUT2D eigenvalue weighted by molar-refractivity contribution is -0.120. The summed E-state index contributed by atoms with van der Waals surface area (Å²) in [5.74, 6) is 0.981. The molecule has 1 aliphatic heterocycles. The Bertz CT molecular complexity index is 706. The molecule has 1 aliphatic rings. The maximum absolute atomic E-state index is 12.4. The number of carbonyl (C=O) groups excluding carboxylic acids is 1. The smallest absolute Gasteiger partial charge is 0.265 e. The molecule has 0 saturated heterocycles. The lowest BCUT2D eigenvalue weighted by atomic mass is 10.2. The minimum Gasteiger partial charge on any atom is -0.490 e. The lowest BCUT2D eigenvalue weighted by Crippen LogP contribution is -2.40. The Morgan fingerprint density at radius 3 is 2.86 bits per heavy atom. The van der Waals surface area contributed by atoms with E-state index < -0.39 is 0 Å². The molecule has 1 amide bonds. The van der Waals surface area contributed by atoms with Crippen molar-refractivity contribution in [2.75, 3.05) is 24.7 Å². The van der Waals surface area contributed by atoms with Crippen molar-refractivity contribution in [3.8, 4) is 11.5 Å². The van der Waals surface area contributed by atoms with Gasteiger partial charge in [-0.2, -0.15) is 0 Å². The van der Waals surface area contributed by atoms with E-state index in [9.17, 15) is 4.79 Å². The fourth-order valence-corrected chi connectivity index (χ4v) is 2.70. The van der Waals surface area contributed by atoms with E-state index in [1.807, 2.05) is 24.3 Å². The van der Waals surface area contributed by atoms with Crippen LogP contribution in [0.1, 0.15) is 0 Å². The first-order valence-corrected chi connectivity index (χ1v) is 7.51. The predicted octanol–water partition coefficient (Wildman–Crippen LogP) is 3.80.